The second-order valence-electron chi connectivity index (χ2n) is 5.64. The van der Waals surface area contributed by atoms with Crippen molar-refractivity contribution in [1.82, 2.24) is 9.97 Å². The first kappa shape index (κ1) is 16.1. The van der Waals surface area contributed by atoms with Gasteiger partial charge in [0.25, 0.3) is 0 Å². The number of hydrogen-bond acceptors (Lipinski definition) is 4. The maximum Gasteiger partial charge on any atom is 0.355 e. The molecule has 0 unspecified atom stereocenters. The van der Waals surface area contributed by atoms with Crippen molar-refractivity contribution in [3.63, 3.8) is 0 Å². The minimum Gasteiger partial charge on any atom is -0.461 e. The molecule has 0 bridgehead atoms. The Bertz CT molecular complexity index is 949. The van der Waals surface area contributed by atoms with Gasteiger partial charge in [-0.05, 0) is 51.0 Å². The Kier molecular flexibility index (Phi) is 4.05. The first-order valence-electron chi connectivity index (χ1n) is 7.96. The van der Waals surface area contributed by atoms with E-state index in [-0.39, 0.29) is 11.9 Å². The number of fused-ring (bicyclic) bond motifs is 2. The summed E-state index contributed by atoms with van der Waals surface area (Å²) in [6.45, 7) is 8.06. The number of hydrogen-bond donors (Lipinski definition) is 2. The smallest absolute Gasteiger partial charge is 0.355 e. The highest BCUT2D eigenvalue weighted by Gasteiger charge is 2.20. The van der Waals surface area contributed by atoms with Crippen LogP contribution in [0.5, 0.6) is 0 Å². The van der Waals surface area contributed by atoms with E-state index in [9.17, 15) is 9.59 Å². The number of ether oxygens (including phenoxy) is 2. The van der Waals surface area contributed by atoms with Crippen LogP contribution in [0, 0.1) is 13.8 Å². The SMILES string of the molecule is CCOC(=O)c1cc2cc3[nH]c(C(=O)OCC)c(C)c3c(C)c2[nH]1. The number of rotatable bonds is 4. The number of aromatic nitrogens is 2. The first-order valence-corrected chi connectivity index (χ1v) is 7.96. The van der Waals surface area contributed by atoms with Crippen molar-refractivity contribution in [2.75, 3.05) is 13.2 Å². The lowest BCUT2D eigenvalue weighted by molar-refractivity contribution is 0.0511. The molecule has 2 aromatic heterocycles. The molecular weight excluding hydrogens is 308 g/mol. The van der Waals surface area contributed by atoms with Crippen LogP contribution in [0.3, 0.4) is 0 Å². The molecule has 2 heterocycles. The third-order valence-electron chi connectivity index (χ3n) is 4.15. The van der Waals surface area contributed by atoms with Gasteiger partial charge in [0.15, 0.2) is 0 Å². The number of carbonyl (C=O) groups excluding carboxylic acids is 2. The van der Waals surface area contributed by atoms with E-state index in [4.69, 9.17) is 9.47 Å². The molecule has 0 aliphatic rings. The van der Waals surface area contributed by atoms with Gasteiger partial charge in [-0.1, -0.05) is 0 Å². The van der Waals surface area contributed by atoms with Crippen molar-refractivity contribution in [3.05, 3.63) is 34.6 Å². The molecule has 0 amide bonds. The maximum absolute atomic E-state index is 12.1. The van der Waals surface area contributed by atoms with Crippen LogP contribution in [-0.4, -0.2) is 35.1 Å². The summed E-state index contributed by atoms with van der Waals surface area (Å²) in [5.74, 6) is -0.734. The molecule has 0 saturated heterocycles. The summed E-state index contributed by atoms with van der Waals surface area (Å²) < 4.78 is 10.1. The number of H-pyrrole nitrogens is 2. The molecule has 0 atom stereocenters. The zero-order valence-corrected chi connectivity index (χ0v) is 14.2. The molecular formula is C18H20N2O4. The lowest BCUT2D eigenvalue weighted by Crippen LogP contribution is -2.06. The van der Waals surface area contributed by atoms with Crippen LogP contribution in [0.4, 0.5) is 0 Å². The molecule has 0 saturated carbocycles. The Hall–Kier alpha value is -2.76. The third-order valence-corrected chi connectivity index (χ3v) is 4.15. The topological polar surface area (TPSA) is 84.2 Å². The average Bonchev–Trinajstić information content (AvgIpc) is 3.10. The minimum atomic E-state index is -0.374. The van der Waals surface area contributed by atoms with Gasteiger partial charge in [-0.2, -0.15) is 0 Å². The highest BCUT2D eigenvalue weighted by Crippen LogP contribution is 2.32. The van der Waals surface area contributed by atoms with Gasteiger partial charge in [-0.25, -0.2) is 9.59 Å². The van der Waals surface area contributed by atoms with E-state index in [0.29, 0.717) is 24.6 Å². The predicted octanol–water partition coefficient (Wildman–Crippen LogP) is 3.62. The fourth-order valence-corrected chi connectivity index (χ4v) is 3.11. The molecule has 3 rings (SSSR count). The first-order chi connectivity index (χ1) is 11.5. The number of nitrogens with one attached hydrogen (secondary N) is 2. The van der Waals surface area contributed by atoms with Crippen LogP contribution >= 0.6 is 0 Å². The van der Waals surface area contributed by atoms with Gasteiger partial charge in [0.1, 0.15) is 11.4 Å². The Morgan fingerprint density at radius 1 is 0.958 bits per heavy atom. The lowest BCUT2D eigenvalue weighted by Gasteiger charge is -2.02. The van der Waals surface area contributed by atoms with E-state index >= 15 is 0 Å². The normalized spacial score (nSPS) is 11.2. The molecule has 0 spiro atoms. The van der Waals surface area contributed by atoms with E-state index in [1.54, 1.807) is 19.9 Å². The zero-order chi connectivity index (χ0) is 17.4. The molecule has 0 aliphatic carbocycles. The summed E-state index contributed by atoms with van der Waals surface area (Å²) in [6.07, 6.45) is 0. The summed E-state index contributed by atoms with van der Waals surface area (Å²) in [5.41, 5.74) is 4.41. The molecule has 0 fully saturated rings. The van der Waals surface area contributed by atoms with E-state index < -0.39 is 0 Å². The van der Waals surface area contributed by atoms with Crippen molar-refractivity contribution in [2.24, 2.45) is 0 Å². The van der Waals surface area contributed by atoms with Gasteiger partial charge < -0.3 is 19.4 Å². The van der Waals surface area contributed by atoms with Gasteiger partial charge in [0.05, 0.1) is 13.2 Å². The predicted molar refractivity (Wildman–Crippen MR) is 91.5 cm³/mol. The summed E-state index contributed by atoms with van der Waals surface area (Å²) in [5, 5.41) is 1.85. The molecule has 2 N–H and O–H groups in total. The molecule has 24 heavy (non-hydrogen) atoms. The van der Waals surface area contributed by atoms with Crippen LogP contribution in [-0.2, 0) is 9.47 Å². The Morgan fingerprint density at radius 2 is 1.62 bits per heavy atom. The minimum absolute atomic E-state index is 0.329. The van der Waals surface area contributed by atoms with Gasteiger partial charge in [-0.15, -0.1) is 0 Å². The molecule has 6 heteroatoms. The van der Waals surface area contributed by atoms with Crippen LogP contribution in [0.1, 0.15) is 46.0 Å². The van der Waals surface area contributed by atoms with E-state index in [2.05, 4.69) is 9.97 Å². The van der Waals surface area contributed by atoms with Crippen LogP contribution in [0.25, 0.3) is 21.8 Å². The van der Waals surface area contributed by atoms with E-state index in [1.165, 1.54) is 0 Å². The third kappa shape index (κ3) is 2.44. The van der Waals surface area contributed by atoms with Crippen LogP contribution in [0.15, 0.2) is 12.1 Å². The van der Waals surface area contributed by atoms with Crippen LogP contribution in [0.2, 0.25) is 0 Å². The fraction of sp³-hybridized carbons (Fsp3) is 0.333. The summed E-state index contributed by atoms with van der Waals surface area (Å²) in [7, 11) is 0. The van der Waals surface area contributed by atoms with Crippen molar-refractivity contribution < 1.29 is 19.1 Å². The molecule has 0 radical (unpaired) electrons. The van der Waals surface area contributed by atoms with Gasteiger partial charge in [0, 0.05) is 21.8 Å². The average molecular weight is 328 g/mol. The Morgan fingerprint density at radius 3 is 2.29 bits per heavy atom. The molecule has 6 nitrogen and oxygen atoms in total. The summed E-state index contributed by atoms with van der Waals surface area (Å²) in [6, 6.07) is 3.69. The number of aryl methyl sites for hydroxylation is 2. The quantitative estimate of drug-likeness (QED) is 0.716. The summed E-state index contributed by atoms with van der Waals surface area (Å²) in [4.78, 5) is 30.3. The lowest BCUT2D eigenvalue weighted by atomic mass is 10.0. The van der Waals surface area contributed by atoms with E-state index in [0.717, 1.165) is 32.9 Å². The monoisotopic (exact) mass is 328 g/mol. The van der Waals surface area contributed by atoms with Crippen LogP contribution < -0.4 is 0 Å². The number of aromatic amines is 2. The molecule has 0 aliphatic heterocycles. The number of benzene rings is 1. The Labute approximate surface area is 139 Å². The maximum atomic E-state index is 12.1. The second-order valence-corrected chi connectivity index (χ2v) is 5.64. The van der Waals surface area contributed by atoms with Gasteiger partial charge in [-0.3, -0.25) is 0 Å². The highest BCUT2D eigenvalue weighted by atomic mass is 16.5. The molecule has 3 aromatic rings. The summed E-state index contributed by atoms with van der Waals surface area (Å²) >= 11 is 0. The fourth-order valence-electron chi connectivity index (χ4n) is 3.11. The van der Waals surface area contributed by atoms with Crippen molar-refractivity contribution in [2.45, 2.75) is 27.7 Å². The number of esters is 2. The molecule has 126 valence electrons. The van der Waals surface area contributed by atoms with Crippen molar-refractivity contribution >= 4 is 33.7 Å². The molecule has 1 aromatic carbocycles. The second kappa shape index (κ2) is 6.03. The largest absolute Gasteiger partial charge is 0.461 e. The number of carbonyl (C=O) groups is 2. The van der Waals surface area contributed by atoms with Gasteiger partial charge in [0.2, 0.25) is 0 Å². The van der Waals surface area contributed by atoms with Gasteiger partial charge >= 0.3 is 11.9 Å². The van der Waals surface area contributed by atoms with Crippen molar-refractivity contribution in [3.8, 4) is 0 Å². The zero-order valence-electron chi connectivity index (χ0n) is 14.2. The highest BCUT2D eigenvalue weighted by molar-refractivity contribution is 6.07. The van der Waals surface area contributed by atoms with E-state index in [1.807, 2.05) is 19.9 Å². The Balaban J connectivity index is 2.18. The van der Waals surface area contributed by atoms with Crippen molar-refractivity contribution in [1.29, 1.82) is 0 Å². The standard InChI is InChI=1S/C18H20N2O4/c1-5-23-17(21)13-8-11-7-12-14(9(3)15(11)20-13)10(4)16(19-12)18(22)24-6-2/h7-8,19-20H,5-6H2,1-4H3.